The third-order valence-corrected chi connectivity index (χ3v) is 4.22. The lowest BCUT2D eigenvalue weighted by Gasteiger charge is -2.35. The van der Waals surface area contributed by atoms with Crippen molar-refractivity contribution < 1.29 is 0 Å². The van der Waals surface area contributed by atoms with Crippen LogP contribution in [0.1, 0.15) is 32.3 Å². The number of anilines is 1. The molecule has 0 spiro atoms. The second-order valence-corrected chi connectivity index (χ2v) is 5.97. The smallest absolute Gasteiger partial charge is 0.0426 e. The first-order valence-corrected chi connectivity index (χ1v) is 7.16. The Kier molecular flexibility index (Phi) is 3.50. The summed E-state index contributed by atoms with van der Waals surface area (Å²) in [7, 11) is 0. The molecule has 3 heteroatoms. The summed E-state index contributed by atoms with van der Waals surface area (Å²) in [6.07, 6.45) is 2.52. The summed E-state index contributed by atoms with van der Waals surface area (Å²) in [6.45, 7) is 5.74. The molecule has 1 aliphatic heterocycles. The number of benzene rings is 1. The highest BCUT2D eigenvalue weighted by molar-refractivity contribution is 9.08. The minimum Gasteiger partial charge on any atom is -0.366 e. The predicted octanol–water partition coefficient (Wildman–Crippen LogP) is 4.61. The van der Waals surface area contributed by atoms with E-state index in [-0.39, 0.29) is 5.54 Å². The number of rotatable bonds is 2. The lowest BCUT2D eigenvalue weighted by Crippen LogP contribution is -2.38. The first-order chi connectivity index (χ1) is 7.54. The molecule has 1 aliphatic rings. The van der Waals surface area contributed by atoms with E-state index in [2.05, 4.69) is 46.8 Å². The summed E-state index contributed by atoms with van der Waals surface area (Å²) >= 11 is 9.65. The molecule has 1 aromatic rings. The minimum absolute atomic E-state index is 0.252. The van der Waals surface area contributed by atoms with Crippen LogP contribution in [0.4, 0.5) is 5.69 Å². The second-order valence-electron chi connectivity index (χ2n) is 4.97. The number of hydrogen-bond donors (Lipinski definition) is 0. The zero-order chi connectivity index (χ0) is 11.8. The Labute approximate surface area is 111 Å². The lowest BCUT2D eigenvalue weighted by molar-refractivity contribution is 0.517. The fourth-order valence-corrected chi connectivity index (χ4v) is 3.10. The maximum atomic E-state index is 6.10. The normalized spacial score (nSPS) is 19.1. The quantitative estimate of drug-likeness (QED) is 0.721. The third-order valence-electron chi connectivity index (χ3n) is 3.38. The van der Waals surface area contributed by atoms with Crippen molar-refractivity contribution in [3.8, 4) is 0 Å². The average Bonchev–Trinajstić information content (AvgIpc) is 2.58. The van der Waals surface area contributed by atoms with Crippen molar-refractivity contribution in [2.75, 3.05) is 11.4 Å². The SMILES string of the molecule is CC1(C)CCCN1c1cc(Cl)ccc1CBr. The number of hydrogen-bond acceptors (Lipinski definition) is 1. The van der Waals surface area contributed by atoms with E-state index in [1.807, 2.05) is 6.07 Å². The summed E-state index contributed by atoms with van der Waals surface area (Å²) < 4.78 is 0. The fraction of sp³-hybridized carbons (Fsp3) is 0.538. The molecule has 1 nitrogen and oxygen atoms in total. The van der Waals surface area contributed by atoms with E-state index in [4.69, 9.17) is 11.6 Å². The molecule has 16 heavy (non-hydrogen) atoms. The Morgan fingerprint density at radius 3 is 2.75 bits per heavy atom. The Balaban J connectivity index is 2.42. The largest absolute Gasteiger partial charge is 0.366 e. The van der Waals surface area contributed by atoms with E-state index in [0.29, 0.717) is 0 Å². The predicted molar refractivity (Wildman–Crippen MR) is 74.7 cm³/mol. The highest BCUT2D eigenvalue weighted by Crippen LogP contribution is 2.37. The first-order valence-electron chi connectivity index (χ1n) is 5.66. The Bertz CT molecular complexity index is 390. The molecule has 88 valence electrons. The van der Waals surface area contributed by atoms with Crippen LogP contribution in [0.5, 0.6) is 0 Å². The van der Waals surface area contributed by atoms with Crippen molar-refractivity contribution in [2.45, 2.75) is 37.6 Å². The van der Waals surface area contributed by atoms with Gasteiger partial charge in [0.25, 0.3) is 0 Å². The Morgan fingerprint density at radius 2 is 2.19 bits per heavy atom. The van der Waals surface area contributed by atoms with Gasteiger partial charge in [-0.05, 0) is 44.4 Å². The van der Waals surface area contributed by atoms with Gasteiger partial charge in [-0.1, -0.05) is 33.6 Å². The molecule has 0 N–H and O–H groups in total. The molecular weight excluding hydrogens is 286 g/mol. The molecule has 1 heterocycles. The van der Waals surface area contributed by atoms with Crippen molar-refractivity contribution in [3.63, 3.8) is 0 Å². The van der Waals surface area contributed by atoms with Gasteiger partial charge in [0.2, 0.25) is 0 Å². The topological polar surface area (TPSA) is 3.24 Å². The van der Waals surface area contributed by atoms with Crippen LogP contribution < -0.4 is 4.90 Å². The van der Waals surface area contributed by atoms with E-state index in [1.165, 1.54) is 24.1 Å². The molecule has 0 saturated carbocycles. The van der Waals surface area contributed by atoms with Crippen molar-refractivity contribution in [3.05, 3.63) is 28.8 Å². The van der Waals surface area contributed by atoms with Crippen LogP contribution in [-0.2, 0) is 5.33 Å². The van der Waals surface area contributed by atoms with Gasteiger partial charge >= 0.3 is 0 Å². The van der Waals surface area contributed by atoms with Gasteiger partial charge in [0.05, 0.1) is 0 Å². The van der Waals surface area contributed by atoms with Crippen LogP contribution in [0.2, 0.25) is 5.02 Å². The van der Waals surface area contributed by atoms with Crippen LogP contribution in [0.3, 0.4) is 0 Å². The monoisotopic (exact) mass is 301 g/mol. The lowest BCUT2D eigenvalue weighted by atomic mass is 10.0. The fourth-order valence-electron chi connectivity index (χ4n) is 2.46. The summed E-state index contributed by atoms with van der Waals surface area (Å²) in [5.41, 5.74) is 2.85. The second kappa shape index (κ2) is 4.58. The van der Waals surface area contributed by atoms with E-state index in [1.54, 1.807) is 0 Å². The van der Waals surface area contributed by atoms with Crippen LogP contribution in [0.25, 0.3) is 0 Å². The van der Waals surface area contributed by atoms with Crippen molar-refractivity contribution in [1.82, 2.24) is 0 Å². The molecular formula is C13H17BrClN. The van der Waals surface area contributed by atoms with Crippen LogP contribution in [0, 0.1) is 0 Å². The summed E-state index contributed by atoms with van der Waals surface area (Å²) in [5.74, 6) is 0. The van der Waals surface area contributed by atoms with Crippen molar-refractivity contribution >= 4 is 33.2 Å². The average molecular weight is 303 g/mol. The molecule has 0 atom stereocenters. The zero-order valence-corrected chi connectivity index (χ0v) is 12.1. The van der Waals surface area contributed by atoms with Gasteiger partial charge in [0.15, 0.2) is 0 Å². The Hall–Kier alpha value is -0.210. The van der Waals surface area contributed by atoms with Crippen molar-refractivity contribution in [2.24, 2.45) is 0 Å². The molecule has 1 saturated heterocycles. The highest BCUT2D eigenvalue weighted by Gasteiger charge is 2.32. The number of nitrogens with zero attached hydrogens (tertiary/aromatic N) is 1. The summed E-state index contributed by atoms with van der Waals surface area (Å²) in [6, 6.07) is 6.16. The van der Waals surface area contributed by atoms with E-state index < -0.39 is 0 Å². The van der Waals surface area contributed by atoms with Gasteiger partial charge in [0, 0.05) is 28.1 Å². The standard InChI is InChI=1S/C13H17BrClN/c1-13(2)6-3-7-16(13)12-8-11(15)5-4-10(12)9-14/h4-5,8H,3,6-7,9H2,1-2H3. The molecule has 0 radical (unpaired) electrons. The van der Waals surface area contributed by atoms with Crippen molar-refractivity contribution in [1.29, 1.82) is 0 Å². The van der Waals surface area contributed by atoms with Crippen LogP contribution >= 0.6 is 27.5 Å². The molecule has 2 rings (SSSR count). The molecule has 0 aromatic heterocycles. The number of alkyl halides is 1. The number of halogens is 2. The minimum atomic E-state index is 0.252. The van der Waals surface area contributed by atoms with Gasteiger partial charge in [0.1, 0.15) is 0 Å². The van der Waals surface area contributed by atoms with Crippen LogP contribution in [0.15, 0.2) is 18.2 Å². The van der Waals surface area contributed by atoms with Gasteiger partial charge in [-0.15, -0.1) is 0 Å². The summed E-state index contributed by atoms with van der Waals surface area (Å²) in [5, 5.41) is 1.70. The Morgan fingerprint density at radius 1 is 1.44 bits per heavy atom. The molecule has 0 bridgehead atoms. The maximum absolute atomic E-state index is 6.10. The van der Waals surface area contributed by atoms with Gasteiger partial charge in [-0.25, -0.2) is 0 Å². The maximum Gasteiger partial charge on any atom is 0.0426 e. The molecule has 1 aromatic carbocycles. The van der Waals surface area contributed by atoms with E-state index in [0.717, 1.165) is 16.9 Å². The third kappa shape index (κ3) is 2.23. The van der Waals surface area contributed by atoms with E-state index >= 15 is 0 Å². The highest BCUT2D eigenvalue weighted by atomic mass is 79.9. The van der Waals surface area contributed by atoms with E-state index in [9.17, 15) is 0 Å². The van der Waals surface area contributed by atoms with Crippen LogP contribution in [-0.4, -0.2) is 12.1 Å². The molecule has 0 aliphatic carbocycles. The molecule has 0 unspecified atom stereocenters. The van der Waals surface area contributed by atoms with Gasteiger partial charge in [-0.2, -0.15) is 0 Å². The van der Waals surface area contributed by atoms with Gasteiger partial charge in [-0.3, -0.25) is 0 Å². The van der Waals surface area contributed by atoms with Gasteiger partial charge < -0.3 is 4.90 Å². The molecule has 0 amide bonds. The first kappa shape index (κ1) is 12.3. The zero-order valence-electron chi connectivity index (χ0n) is 9.76. The summed E-state index contributed by atoms with van der Waals surface area (Å²) in [4.78, 5) is 2.48. The molecule has 1 fully saturated rings.